The molecule has 1 aliphatic heterocycles. The molecule has 0 aromatic carbocycles. The van der Waals surface area contributed by atoms with Crippen molar-refractivity contribution in [1.29, 1.82) is 0 Å². The van der Waals surface area contributed by atoms with Crippen molar-refractivity contribution in [2.24, 2.45) is 10.4 Å². The van der Waals surface area contributed by atoms with Gasteiger partial charge in [-0.05, 0) is 0 Å². The van der Waals surface area contributed by atoms with E-state index in [9.17, 15) is 0 Å². The first kappa shape index (κ1) is 2.63. The lowest BCUT2D eigenvalue weighted by Gasteiger charge is -1.71. The van der Waals surface area contributed by atoms with Gasteiger partial charge in [-0.1, -0.05) is 0 Å². The Morgan fingerprint density at radius 2 is 2.80 bits per heavy atom. The average Bonchev–Trinajstić information content (AvgIpc) is 1.76. The molecular formula is C2H3N2O. The average molecular weight is 71.1 g/mol. The molecule has 1 radical (unpaired) electrons. The molecule has 0 N–H and O–H groups in total. The van der Waals surface area contributed by atoms with Gasteiger partial charge in [0.25, 0.3) is 0 Å². The minimum absolute atomic E-state index is 0.542. The van der Waals surface area contributed by atoms with Crippen LogP contribution in [0, 0.1) is 6.54 Å². The summed E-state index contributed by atoms with van der Waals surface area (Å²) in [5.41, 5.74) is 0. The van der Waals surface area contributed by atoms with Crippen molar-refractivity contribution in [3.63, 3.8) is 0 Å². The highest BCUT2D eigenvalue weighted by atomic mass is 16.6. The van der Waals surface area contributed by atoms with E-state index in [1.54, 1.807) is 6.54 Å². The maximum absolute atomic E-state index is 4.35. The Labute approximate surface area is 29.6 Å². The highest BCUT2D eigenvalue weighted by Gasteiger charge is 1.88. The van der Waals surface area contributed by atoms with E-state index in [1.807, 2.05) is 0 Å². The standard InChI is InChI=1S/C2H3N2O/c1-2-5-4-3-1/h1H,2H2. The molecule has 0 saturated heterocycles. The minimum Gasteiger partial charge on any atom is -0.377 e. The van der Waals surface area contributed by atoms with Crippen LogP contribution in [0.1, 0.15) is 0 Å². The second-order valence-corrected chi connectivity index (χ2v) is 0.675. The fourth-order valence-electron chi connectivity index (χ4n) is 0.167. The van der Waals surface area contributed by atoms with Crippen molar-refractivity contribution in [1.82, 2.24) is 0 Å². The van der Waals surface area contributed by atoms with E-state index in [-0.39, 0.29) is 0 Å². The summed E-state index contributed by atoms with van der Waals surface area (Å²) in [7, 11) is 0. The maximum Gasteiger partial charge on any atom is 0.145 e. The summed E-state index contributed by atoms with van der Waals surface area (Å²) in [5.74, 6) is 0. The summed E-state index contributed by atoms with van der Waals surface area (Å²) in [6, 6.07) is 0. The number of rotatable bonds is 0. The van der Waals surface area contributed by atoms with E-state index in [0.29, 0.717) is 6.61 Å². The van der Waals surface area contributed by atoms with Gasteiger partial charge in [0, 0.05) is 5.28 Å². The number of hydrogen-bond acceptors (Lipinski definition) is 3. The van der Waals surface area contributed by atoms with E-state index in [2.05, 4.69) is 15.2 Å². The van der Waals surface area contributed by atoms with Crippen molar-refractivity contribution in [3.8, 4) is 0 Å². The predicted octanol–water partition coefficient (Wildman–Crippen LogP) is 0.546. The monoisotopic (exact) mass is 71.0 g/mol. The van der Waals surface area contributed by atoms with Crippen LogP contribution in [0.3, 0.4) is 0 Å². The zero-order valence-corrected chi connectivity index (χ0v) is 2.59. The molecule has 3 nitrogen and oxygen atoms in total. The van der Waals surface area contributed by atoms with Crippen LogP contribution in [0.25, 0.3) is 0 Å². The molecule has 0 aliphatic carbocycles. The molecular weight excluding hydrogens is 68.0 g/mol. The van der Waals surface area contributed by atoms with E-state index in [1.165, 1.54) is 0 Å². The van der Waals surface area contributed by atoms with E-state index in [4.69, 9.17) is 0 Å². The molecule has 1 aliphatic rings. The Hall–Kier alpha value is -0.600. The molecule has 0 bridgehead atoms. The highest BCUT2D eigenvalue weighted by molar-refractivity contribution is 4.55. The van der Waals surface area contributed by atoms with Gasteiger partial charge >= 0.3 is 0 Å². The van der Waals surface area contributed by atoms with Crippen LogP contribution in [-0.4, -0.2) is 6.61 Å². The zero-order chi connectivity index (χ0) is 3.54. The first-order chi connectivity index (χ1) is 2.50. The van der Waals surface area contributed by atoms with E-state index >= 15 is 0 Å². The van der Waals surface area contributed by atoms with E-state index in [0.717, 1.165) is 0 Å². The lowest BCUT2D eigenvalue weighted by Crippen LogP contribution is -1.71. The van der Waals surface area contributed by atoms with Crippen molar-refractivity contribution in [3.05, 3.63) is 6.54 Å². The van der Waals surface area contributed by atoms with Crippen LogP contribution in [0.15, 0.2) is 10.4 Å². The summed E-state index contributed by atoms with van der Waals surface area (Å²) in [6.45, 7) is 2.14. The summed E-state index contributed by atoms with van der Waals surface area (Å²) in [4.78, 5) is 4.35. The molecule has 0 fully saturated rings. The Kier molecular flexibility index (Phi) is 0.532. The minimum atomic E-state index is 0.542. The Bertz CT molecular complexity index is 45.6. The molecule has 0 aromatic rings. The van der Waals surface area contributed by atoms with Crippen LogP contribution in [-0.2, 0) is 4.84 Å². The van der Waals surface area contributed by atoms with Gasteiger partial charge in [-0.15, -0.1) is 5.11 Å². The molecule has 0 aromatic heterocycles. The molecule has 0 saturated carbocycles. The molecule has 0 amide bonds. The van der Waals surface area contributed by atoms with Crippen molar-refractivity contribution in [2.75, 3.05) is 6.61 Å². The number of nitrogens with zero attached hydrogens (tertiary/aromatic N) is 2. The lowest BCUT2D eigenvalue weighted by molar-refractivity contribution is 0.179. The van der Waals surface area contributed by atoms with Gasteiger partial charge in [0.1, 0.15) is 13.2 Å². The van der Waals surface area contributed by atoms with Crippen LogP contribution >= 0.6 is 0 Å². The second kappa shape index (κ2) is 1.01. The SMILES string of the molecule is [CH]1CON=N1. The summed E-state index contributed by atoms with van der Waals surface area (Å²) >= 11 is 0. The molecule has 1 heterocycles. The van der Waals surface area contributed by atoms with Crippen LogP contribution in [0.5, 0.6) is 0 Å². The smallest absolute Gasteiger partial charge is 0.145 e. The quantitative estimate of drug-likeness (QED) is 0.410. The van der Waals surface area contributed by atoms with Crippen LogP contribution < -0.4 is 0 Å². The molecule has 3 heteroatoms. The molecule has 0 spiro atoms. The van der Waals surface area contributed by atoms with Gasteiger partial charge in [0.15, 0.2) is 0 Å². The second-order valence-electron chi connectivity index (χ2n) is 0.675. The van der Waals surface area contributed by atoms with Gasteiger partial charge in [0.2, 0.25) is 0 Å². The molecule has 0 unspecified atom stereocenters. The number of hydrogen-bond donors (Lipinski definition) is 0. The summed E-state index contributed by atoms with van der Waals surface area (Å²) < 4.78 is 0. The first-order valence-corrected chi connectivity index (χ1v) is 1.34. The van der Waals surface area contributed by atoms with Crippen molar-refractivity contribution >= 4 is 0 Å². The lowest BCUT2D eigenvalue weighted by atomic mass is 10.8. The molecule has 5 heavy (non-hydrogen) atoms. The topological polar surface area (TPSA) is 34.0 Å². The van der Waals surface area contributed by atoms with Gasteiger partial charge in [-0.2, -0.15) is 0 Å². The highest BCUT2D eigenvalue weighted by Crippen LogP contribution is 1.92. The zero-order valence-electron chi connectivity index (χ0n) is 2.59. The normalized spacial score (nSPS) is 19.2. The predicted molar refractivity (Wildman–Crippen MR) is 15.1 cm³/mol. The Morgan fingerprint density at radius 3 is 3.00 bits per heavy atom. The van der Waals surface area contributed by atoms with Crippen molar-refractivity contribution in [2.45, 2.75) is 0 Å². The fourth-order valence-corrected chi connectivity index (χ4v) is 0.167. The third-order valence-electron chi connectivity index (χ3n) is 0.336. The van der Waals surface area contributed by atoms with Gasteiger partial charge in [-0.3, -0.25) is 0 Å². The van der Waals surface area contributed by atoms with Gasteiger partial charge in [-0.25, -0.2) is 0 Å². The fraction of sp³-hybridized carbons (Fsp3) is 0.500. The van der Waals surface area contributed by atoms with Gasteiger partial charge < -0.3 is 4.84 Å². The molecule has 27 valence electrons. The maximum atomic E-state index is 4.35. The molecule has 0 atom stereocenters. The van der Waals surface area contributed by atoms with E-state index < -0.39 is 0 Å². The first-order valence-electron chi connectivity index (χ1n) is 1.34. The molecule has 1 rings (SSSR count). The van der Waals surface area contributed by atoms with Gasteiger partial charge in [0.05, 0.1) is 0 Å². The van der Waals surface area contributed by atoms with Crippen LogP contribution in [0.2, 0.25) is 0 Å². The summed E-state index contributed by atoms with van der Waals surface area (Å²) in [6.07, 6.45) is 0. The van der Waals surface area contributed by atoms with Crippen LogP contribution in [0.4, 0.5) is 0 Å². The Balaban J connectivity index is 2.32. The summed E-state index contributed by atoms with van der Waals surface area (Å²) in [5, 5.41) is 6.51. The third kappa shape index (κ3) is 0.344. The van der Waals surface area contributed by atoms with Crippen molar-refractivity contribution < 1.29 is 4.84 Å². The largest absolute Gasteiger partial charge is 0.377 e. The third-order valence-corrected chi connectivity index (χ3v) is 0.336. The Morgan fingerprint density at radius 1 is 1.80 bits per heavy atom.